The van der Waals surface area contributed by atoms with Gasteiger partial charge < -0.3 is 24.8 Å². The molecule has 0 radical (unpaired) electrons. The number of aromatic nitrogens is 1. The zero-order chi connectivity index (χ0) is 18.4. The van der Waals surface area contributed by atoms with Crippen molar-refractivity contribution in [2.45, 2.75) is 19.6 Å². The first kappa shape index (κ1) is 18.0. The van der Waals surface area contributed by atoms with Gasteiger partial charge >= 0.3 is 5.97 Å². The maximum atomic E-state index is 11.2. The highest BCUT2D eigenvalue weighted by molar-refractivity contribution is 5.72. The van der Waals surface area contributed by atoms with Gasteiger partial charge in [0.15, 0.2) is 6.23 Å². The van der Waals surface area contributed by atoms with E-state index in [9.17, 15) is 20.3 Å². The topological polar surface area (TPSA) is 129 Å². The van der Waals surface area contributed by atoms with Crippen LogP contribution in [-0.4, -0.2) is 34.7 Å². The van der Waals surface area contributed by atoms with Crippen LogP contribution < -0.4 is 5.32 Å². The number of nitrogens with one attached hydrogen (secondary N) is 1. The lowest BCUT2D eigenvalue weighted by molar-refractivity contribution is -0.139. The van der Waals surface area contributed by atoms with Gasteiger partial charge in [-0.3, -0.25) is 4.79 Å². The van der Waals surface area contributed by atoms with Crippen molar-refractivity contribution in [3.05, 3.63) is 52.9 Å². The van der Waals surface area contributed by atoms with Gasteiger partial charge in [0.2, 0.25) is 0 Å². The van der Waals surface area contributed by atoms with Crippen LogP contribution in [0.25, 0.3) is 5.76 Å². The maximum Gasteiger partial charge on any atom is 0.309 e. The van der Waals surface area contributed by atoms with Gasteiger partial charge in [0.05, 0.1) is 25.3 Å². The first-order chi connectivity index (χ1) is 12.0. The number of carbonyl (C=O) groups excluding carboxylic acids is 1. The molecule has 0 bridgehead atoms. The fourth-order valence-corrected chi connectivity index (χ4v) is 2.10. The SMILES string of the molecule is COC(=O)Cc1ccc(NC(O)/C(C#N)=C(\O)c2cnoc2C)cc1. The van der Waals surface area contributed by atoms with Gasteiger partial charge in [-0.25, -0.2) is 0 Å². The van der Waals surface area contributed by atoms with E-state index in [-0.39, 0.29) is 23.5 Å². The summed E-state index contributed by atoms with van der Waals surface area (Å²) in [4.78, 5) is 11.2. The van der Waals surface area contributed by atoms with Crippen LogP contribution in [0.4, 0.5) is 5.69 Å². The Kier molecular flexibility index (Phi) is 5.76. The van der Waals surface area contributed by atoms with Crippen molar-refractivity contribution < 1.29 is 24.3 Å². The van der Waals surface area contributed by atoms with Crippen molar-refractivity contribution in [2.75, 3.05) is 12.4 Å². The van der Waals surface area contributed by atoms with Crippen LogP contribution in [-0.2, 0) is 16.0 Å². The number of hydrogen-bond acceptors (Lipinski definition) is 8. The van der Waals surface area contributed by atoms with Gasteiger partial charge in [-0.2, -0.15) is 5.26 Å². The predicted octanol–water partition coefficient (Wildman–Crippen LogP) is 1.92. The second kappa shape index (κ2) is 7.99. The maximum absolute atomic E-state index is 11.2. The van der Waals surface area contributed by atoms with Crippen molar-refractivity contribution in [1.82, 2.24) is 5.16 Å². The molecule has 3 N–H and O–H groups in total. The monoisotopic (exact) mass is 343 g/mol. The average molecular weight is 343 g/mol. The molecular formula is C17H17N3O5. The Labute approximate surface area is 143 Å². The number of benzene rings is 1. The summed E-state index contributed by atoms with van der Waals surface area (Å²) in [5.74, 6) is -0.447. The van der Waals surface area contributed by atoms with Gasteiger partial charge in [0.1, 0.15) is 23.2 Å². The molecule has 8 nitrogen and oxygen atoms in total. The van der Waals surface area contributed by atoms with E-state index in [2.05, 4.69) is 15.2 Å². The van der Waals surface area contributed by atoms with Crippen molar-refractivity contribution in [3.63, 3.8) is 0 Å². The Morgan fingerprint density at radius 2 is 2.12 bits per heavy atom. The Hall–Kier alpha value is -3.31. The summed E-state index contributed by atoms with van der Waals surface area (Å²) < 4.78 is 9.43. The number of nitrogens with zero attached hydrogens (tertiary/aromatic N) is 2. The van der Waals surface area contributed by atoms with E-state index < -0.39 is 12.0 Å². The van der Waals surface area contributed by atoms with Crippen molar-refractivity contribution in [2.24, 2.45) is 0 Å². The zero-order valence-corrected chi connectivity index (χ0v) is 13.7. The molecule has 0 amide bonds. The molecule has 1 aromatic heterocycles. The molecule has 25 heavy (non-hydrogen) atoms. The van der Waals surface area contributed by atoms with E-state index >= 15 is 0 Å². The second-order valence-corrected chi connectivity index (χ2v) is 5.17. The molecule has 0 saturated carbocycles. The van der Waals surface area contributed by atoms with E-state index in [0.29, 0.717) is 11.4 Å². The molecule has 8 heteroatoms. The van der Waals surface area contributed by atoms with Gasteiger partial charge in [0.25, 0.3) is 0 Å². The fourth-order valence-electron chi connectivity index (χ4n) is 2.10. The minimum atomic E-state index is -1.44. The molecule has 1 aromatic carbocycles. The predicted molar refractivity (Wildman–Crippen MR) is 88.2 cm³/mol. The lowest BCUT2D eigenvalue weighted by Gasteiger charge is -2.15. The molecule has 0 aliphatic carbocycles. The minimum Gasteiger partial charge on any atom is -0.506 e. The fraction of sp³-hybridized carbons (Fsp3) is 0.235. The van der Waals surface area contributed by atoms with E-state index in [1.807, 2.05) is 0 Å². The number of anilines is 1. The van der Waals surface area contributed by atoms with E-state index in [4.69, 9.17) is 4.52 Å². The van der Waals surface area contributed by atoms with E-state index in [1.54, 1.807) is 37.3 Å². The Morgan fingerprint density at radius 1 is 1.44 bits per heavy atom. The number of hydrogen-bond donors (Lipinski definition) is 3. The third kappa shape index (κ3) is 4.37. The number of nitriles is 1. The summed E-state index contributed by atoms with van der Waals surface area (Å²) in [6, 6.07) is 8.42. The quantitative estimate of drug-likeness (QED) is 0.314. The van der Waals surface area contributed by atoms with Crippen LogP contribution in [0.3, 0.4) is 0 Å². The molecule has 2 aromatic rings. The first-order valence-electron chi connectivity index (χ1n) is 7.31. The molecular weight excluding hydrogens is 326 g/mol. The number of aryl methyl sites for hydroxylation is 1. The number of esters is 1. The Morgan fingerprint density at radius 3 is 2.64 bits per heavy atom. The third-order valence-corrected chi connectivity index (χ3v) is 3.49. The highest BCUT2D eigenvalue weighted by Gasteiger charge is 2.20. The molecule has 2 rings (SSSR count). The van der Waals surface area contributed by atoms with E-state index in [1.165, 1.54) is 13.3 Å². The van der Waals surface area contributed by atoms with Crippen LogP contribution in [0, 0.1) is 18.3 Å². The van der Waals surface area contributed by atoms with Crippen LogP contribution in [0.15, 0.2) is 40.6 Å². The van der Waals surface area contributed by atoms with Crippen molar-refractivity contribution >= 4 is 17.4 Å². The summed E-state index contributed by atoms with van der Waals surface area (Å²) in [7, 11) is 1.31. The Bertz CT molecular complexity index is 818. The van der Waals surface area contributed by atoms with Crippen LogP contribution in [0.1, 0.15) is 16.9 Å². The average Bonchev–Trinajstić information content (AvgIpc) is 3.03. The number of carbonyl (C=O) groups is 1. The molecule has 0 fully saturated rings. The summed E-state index contributed by atoms with van der Waals surface area (Å²) in [6.07, 6.45) is -0.0437. The highest BCUT2D eigenvalue weighted by Crippen LogP contribution is 2.22. The normalized spacial score (nSPS) is 12.7. The smallest absolute Gasteiger partial charge is 0.309 e. The van der Waals surface area contributed by atoms with Gasteiger partial charge in [-0.1, -0.05) is 17.3 Å². The number of rotatable bonds is 6. The van der Waals surface area contributed by atoms with Gasteiger partial charge in [0, 0.05) is 5.69 Å². The molecule has 0 saturated heterocycles. The van der Waals surface area contributed by atoms with Crippen LogP contribution >= 0.6 is 0 Å². The van der Waals surface area contributed by atoms with Crippen molar-refractivity contribution in [3.8, 4) is 6.07 Å². The van der Waals surface area contributed by atoms with Gasteiger partial charge in [-0.05, 0) is 24.6 Å². The number of aliphatic hydroxyl groups is 2. The van der Waals surface area contributed by atoms with E-state index in [0.717, 1.165) is 5.56 Å². The first-order valence-corrected chi connectivity index (χ1v) is 7.31. The highest BCUT2D eigenvalue weighted by atomic mass is 16.5. The van der Waals surface area contributed by atoms with Gasteiger partial charge in [-0.15, -0.1) is 0 Å². The summed E-state index contributed by atoms with van der Waals surface area (Å²) in [6.45, 7) is 1.58. The molecule has 0 aliphatic heterocycles. The van der Waals surface area contributed by atoms with Crippen LogP contribution in [0.2, 0.25) is 0 Å². The van der Waals surface area contributed by atoms with Crippen molar-refractivity contribution in [1.29, 1.82) is 5.26 Å². The lowest BCUT2D eigenvalue weighted by atomic mass is 10.1. The molecule has 0 spiro atoms. The number of ether oxygens (including phenoxy) is 1. The summed E-state index contributed by atoms with van der Waals surface area (Å²) in [5, 5.41) is 35.8. The minimum absolute atomic E-state index is 0.135. The molecule has 1 atom stereocenters. The molecule has 1 heterocycles. The molecule has 130 valence electrons. The number of methoxy groups -OCH3 is 1. The summed E-state index contributed by atoms with van der Waals surface area (Å²) in [5.41, 5.74) is 1.20. The Balaban J connectivity index is 2.15. The largest absolute Gasteiger partial charge is 0.506 e. The number of aliphatic hydroxyl groups excluding tert-OH is 2. The zero-order valence-electron chi connectivity index (χ0n) is 13.7. The second-order valence-electron chi connectivity index (χ2n) is 5.17. The third-order valence-electron chi connectivity index (χ3n) is 3.49. The molecule has 0 aliphatic rings. The summed E-state index contributed by atoms with van der Waals surface area (Å²) >= 11 is 0. The standard InChI is InChI=1S/C17H17N3O5/c1-10-14(9-19-25-10)16(22)13(8-18)17(23)20-12-5-3-11(4-6-12)7-15(21)24-2/h3-6,9,17,20,22-23H,7H2,1-2H3/b16-13-. The lowest BCUT2D eigenvalue weighted by Crippen LogP contribution is -2.22. The van der Waals surface area contributed by atoms with Crippen LogP contribution in [0.5, 0.6) is 0 Å². The molecule has 1 unspecified atom stereocenters.